The minimum atomic E-state index is -0.611. The molecule has 0 unspecified atom stereocenters. The Morgan fingerprint density at radius 2 is 1.90 bits per heavy atom. The van der Waals surface area contributed by atoms with E-state index in [0.29, 0.717) is 43.6 Å². The van der Waals surface area contributed by atoms with Gasteiger partial charge < -0.3 is 19.0 Å². The first kappa shape index (κ1) is 20.6. The zero-order valence-corrected chi connectivity index (χ0v) is 16.6. The molecule has 29 heavy (non-hydrogen) atoms. The molecule has 1 aromatic carbocycles. The fourth-order valence-electron chi connectivity index (χ4n) is 3.44. The molecule has 0 spiro atoms. The van der Waals surface area contributed by atoms with Crippen LogP contribution in [0, 0.1) is 5.92 Å². The SMILES string of the molecule is CCOC(=O)C1CCN(C(=O)CN(C)C(=O)Cn2c(=O)oc3ccccc32)CC1. The maximum Gasteiger partial charge on any atom is 0.420 e. The van der Waals surface area contributed by atoms with Crippen LogP contribution in [0.1, 0.15) is 19.8 Å². The molecule has 3 rings (SSSR count). The standard InChI is InChI=1S/C20H25N3O6/c1-3-28-19(26)14-8-10-22(11-9-14)18(25)12-21(2)17(24)13-23-15-6-4-5-7-16(15)29-20(23)27/h4-7,14H,3,8-13H2,1-2H3. The molecule has 1 fully saturated rings. The van der Waals surface area contributed by atoms with Crippen LogP contribution >= 0.6 is 0 Å². The Morgan fingerprint density at radius 1 is 1.21 bits per heavy atom. The van der Waals surface area contributed by atoms with Gasteiger partial charge in [-0.1, -0.05) is 12.1 Å². The molecule has 0 saturated carbocycles. The number of amides is 2. The summed E-state index contributed by atoms with van der Waals surface area (Å²) in [6.45, 7) is 2.73. The average molecular weight is 403 g/mol. The fraction of sp³-hybridized carbons (Fsp3) is 0.500. The van der Waals surface area contributed by atoms with Crippen molar-refractivity contribution in [3.05, 3.63) is 34.8 Å². The van der Waals surface area contributed by atoms with E-state index >= 15 is 0 Å². The van der Waals surface area contributed by atoms with Gasteiger partial charge in [0.1, 0.15) is 6.54 Å². The summed E-state index contributed by atoms with van der Waals surface area (Å²) in [6, 6.07) is 6.86. The zero-order chi connectivity index (χ0) is 21.0. The fourth-order valence-corrected chi connectivity index (χ4v) is 3.44. The normalized spacial score (nSPS) is 14.8. The number of rotatable bonds is 6. The largest absolute Gasteiger partial charge is 0.466 e. The van der Waals surface area contributed by atoms with Gasteiger partial charge in [-0.15, -0.1) is 0 Å². The second kappa shape index (κ2) is 8.93. The topological polar surface area (TPSA) is 102 Å². The first-order valence-corrected chi connectivity index (χ1v) is 9.67. The highest BCUT2D eigenvalue weighted by molar-refractivity contribution is 5.85. The molecule has 1 aliphatic heterocycles. The van der Waals surface area contributed by atoms with Crippen molar-refractivity contribution >= 4 is 28.9 Å². The number of oxazole rings is 1. The van der Waals surface area contributed by atoms with Crippen LogP contribution in [0.3, 0.4) is 0 Å². The second-order valence-electron chi connectivity index (χ2n) is 7.08. The summed E-state index contributed by atoms with van der Waals surface area (Å²) in [5.74, 6) is -1.56. The van der Waals surface area contributed by atoms with Gasteiger partial charge >= 0.3 is 11.7 Å². The number of benzene rings is 1. The van der Waals surface area contributed by atoms with Gasteiger partial charge in [-0.3, -0.25) is 19.0 Å². The molecule has 0 atom stereocenters. The monoisotopic (exact) mass is 403 g/mol. The van der Waals surface area contributed by atoms with E-state index in [2.05, 4.69) is 0 Å². The van der Waals surface area contributed by atoms with Crippen molar-refractivity contribution in [1.29, 1.82) is 0 Å². The van der Waals surface area contributed by atoms with Crippen molar-refractivity contribution in [2.24, 2.45) is 5.92 Å². The number of nitrogens with zero attached hydrogens (tertiary/aromatic N) is 3. The van der Waals surface area contributed by atoms with Gasteiger partial charge in [0.25, 0.3) is 0 Å². The van der Waals surface area contributed by atoms with Gasteiger partial charge in [-0.05, 0) is 31.9 Å². The summed E-state index contributed by atoms with van der Waals surface area (Å²) in [5.41, 5.74) is 0.945. The van der Waals surface area contributed by atoms with Gasteiger partial charge in [-0.2, -0.15) is 0 Å². The molecule has 0 N–H and O–H groups in total. The van der Waals surface area contributed by atoms with Gasteiger partial charge in [0, 0.05) is 20.1 Å². The van der Waals surface area contributed by atoms with Crippen LogP contribution in [0.5, 0.6) is 0 Å². The van der Waals surface area contributed by atoms with Crippen LogP contribution in [0.25, 0.3) is 11.1 Å². The second-order valence-corrected chi connectivity index (χ2v) is 7.08. The van der Waals surface area contributed by atoms with E-state index in [9.17, 15) is 19.2 Å². The molecule has 9 heteroatoms. The molecule has 1 aromatic heterocycles. The van der Waals surface area contributed by atoms with Gasteiger partial charge in [0.2, 0.25) is 11.8 Å². The highest BCUT2D eigenvalue weighted by Crippen LogP contribution is 2.19. The maximum absolute atomic E-state index is 12.5. The minimum Gasteiger partial charge on any atom is -0.466 e. The molecule has 156 valence electrons. The smallest absolute Gasteiger partial charge is 0.420 e. The Balaban J connectivity index is 1.54. The van der Waals surface area contributed by atoms with E-state index < -0.39 is 5.76 Å². The lowest BCUT2D eigenvalue weighted by Crippen LogP contribution is -2.46. The molecule has 1 saturated heterocycles. The number of para-hydroxylation sites is 2. The lowest BCUT2D eigenvalue weighted by Gasteiger charge is -2.32. The summed E-state index contributed by atoms with van der Waals surface area (Å²) in [6.07, 6.45) is 1.11. The third-order valence-electron chi connectivity index (χ3n) is 5.13. The van der Waals surface area contributed by atoms with Crippen molar-refractivity contribution in [2.45, 2.75) is 26.3 Å². The van der Waals surface area contributed by atoms with E-state index in [1.165, 1.54) is 16.5 Å². The Bertz CT molecular complexity index is 955. The molecule has 2 aromatic rings. The molecule has 0 aliphatic carbocycles. The van der Waals surface area contributed by atoms with E-state index in [1.807, 2.05) is 0 Å². The van der Waals surface area contributed by atoms with E-state index in [-0.39, 0.29) is 36.8 Å². The maximum atomic E-state index is 12.5. The summed E-state index contributed by atoms with van der Waals surface area (Å²) >= 11 is 0. The third-order valence-corrected chi connectivity index (χ3v) is 5.13. The zero-order valence-electron chi connectivity index (χ0n) is 16.6. The summed E-state index contributed by atoms with van der Waals surface area (Å²) in [4.78, 5) is 51.8. The predicted octanol–water partition coefficient (Wildman–Crippen LogP) is 0.855. The van der Waals surface area contributed by atoms with Gasteiger partial charge in [-0.25, -0.2) is 4.79 Å². The van der Waals surface area contributed by atoms with Crippen molar-refractivity contribution in [2.75, 3.05) is 33.3 Å². The number of carbonyl (C=O) groups is 3. The number of hydrogen-bond acceptors (Lipinski definition) is 6. The molecule has 2 amide bonds. The lowest BCUT2D eigenvalue weighted by molar-refractivity contribution is -0.151. The summed E-state index contributed by atoms with van der Waals surface area (Å²) < 4.78 is 11.4. The molecular weight excluding hydrogens is 378 g/mol. The van der Waals surface area contributed by atoms with Crippen molar-refractivity contribution in [3.8, 4) is 0 Å². The number of piperidine rings is 1. The predicted molar refractivity (Wildman–Crippen MR) is 104 cm³/mol. The van der Waals surface area contributed by atoms with E-state index in [1.54, 1.807) is 36.1 Å². The molecule has 0 radical (unpaired) electrons. The van der Waals surface area contributed by atoms with Gasteiger partial charge in [0.05, 0.1) is 24.6 Å². The van der Waals surface area contributed by atoms with Crippen LogP contribution in [0.15, 0.2) is 33.5 Å². The van der Waals surface area contributed by atoms with Crippen LogP contribution in [-0.4, -0.2) is 65.4 Å². The first-order chi connectivity index (χ1) is 13.9. The highest BCUT2D eigenvalue weighted by Gasteiger charge is 2.29. The number of esters is 1. The Hall–Kier alpha value is -3.10. The summed E-state index contributed by atoms with van der Waals surface area (Å²) in [5, 5.41) is 0. The minimum absolute atomic E-state index is 0.0898. The number of likely N-dealkylation sites (N-methyl/N-ethyl adjacent to an activating group) is 1. The van der Waals surface area contributed by atoms with Crippen LogP contribution in [-0.2, 0) is 25.7 Å². The van der Waals surface area contributed by atoms with Crippen LogP contribution < -0.4 is 5.76 Å². The van der Waals surface area contributed by atoms with Gasteiger partial charge in [0.15, 0.2) is 5.58 Å². The quantitative estimate of drug-likeness (QED) is 0.663. The van der Waals surface area contributed by atoms with Crippen LogP contribution in [0.4, 0.5) is 0 Å². The molecule has 1 aliphatic rings. The Labute approximate surface area is 167 Å². The third kappa shape index (κ3) is 4.67. The molecular formula is C20H25N3O6. The van der Waals surface area contributed by atoms with E-state index in [0.717, 1.165) is 0 Å². The number of aromatic nitrogens is 1. The Morgan fingerprint density at radius 3 is 2.59 bits per heavy atom. The summed E-state index contributed by atoms with van der Waals surface area (Å²) in [7, 11) is 1.53. The van der Waals surface area contributed by atoms with Crippen molar-refractivity contribution in [1.82, 2.24) is 14.4 Å². The highest BCUT2D eigenvalue weighted by atomic mass is 16.5. The first-order valence-electron chi connectivity index (χ1n) is 9.67. The van der Waals surface area contributed by atoms with Crippen molar-refractivity contribution in [3.63, 3.8) is 0 Å². The average Bonchev–Trinajstić information content (AvgIpc) is 3.03. The van der Waals surface area contributed by atoms with Crippen LogP contribution in [0.2, 0.25) is 0 Å². The van der Waals surface area contributed by atoms with E-state index in [4.69, 9.17) is 9.15 Å². The number of ether oxygens (including phenoxy) is 1. The van der Waals surface area contributed by atoms with Crippen molar-refractivity contribution < 1.29 is 23.5 Å². The number of fused-ring (bicyclic) bond motifs is 1. The lowest BCUT2D eigenvalue weighted by atomic mass is 9.97. The number of likely N-dealkylation sites (tertiary alicyclic amines) is 1. The molecule has 2 heterocycles. The molecule has 9 nitrogen and oxygen atoms in total. The number of hydrogen-bond donors (Lipinski definition) is 0. The Kier molecular flexibility index (Phi) is 6.36. The molecule has 0 bridgehead atoms. The number of carbonyl (C=O) groups excluding carboxylic acids is 3.